The lowest BCUT2D eigenvalue weighted by Gasteiger charge is -2.22. The minimum atomic E-state index is -0.740. The van der Waals surface area contributed by atoms with Crippen LogP contribution in [0.4, 0.5) is 5.69 Å². The molecule has 1 aromatic heterocycles. The molecule has 0 fully saturated rings. The third-order valence-corrected chi connectivity index (χ3v) is 4.98. The zero-order valence-corrected chi connectivity index (χ0v) is 15.7. The number of rotatable bonds is 4. The first-order valence-corrected chi connectivity index (χ1v) is 9.08. The number of fused-ring (bicyclic) bond motifs is 1. The third kappa shape index (κ3) is 3.15. The van der Waals surface area contributed by atoms with Crippen molar-refractivity contribution in [2.45, 2.75) is 19.4 Å². The maximum atomic E-state index is 13.0. The van der Waals surface area contributed by atoms with Crippen LogP contribution in [0.15, 0.2) is 59.5 Å². The largest absolute Gasteiger partial charge is 0.497 e. The monoisotopic (exact) mass is 376 g/mol. The van der Waals surface area contributed by atoms with Crippen LogP contribution in [-0.4, -0.2) is 34.3 Å². The summed E-state index contributed by atoms with van der Waals surface area (Å²) >= 11 is 0. The number of aromatic nitrogens is 3. The van der Waals surface area contributed by atoms with Gasteiger partial charge in [-0.25, -0.2) is 9.48 Å². The predicted molar refractivity (Wildman–Crippen MR) is 105 cm³/mol. The highest BCUT2D eigenvalue weighted by molar-refractivity contribution is 5.97. The summed E-state index contributed by atoms with van der Waals surface area (Å²) in [5, 5.41) is 4.21. The second-order valence-corrected chi connectivity index (χ2v) is 6.64. The highest BCUT2D eigenvalue weighted by Gasteiger charge is 2.29. The van der Waals surface area contributed by atoms with Crippen molar-refractivity contribution in [3.05, 3.63) is 70.8 Å². The number of methoxy groups -OCH3 is 1. The molecule has 4 rings (SSSR count). The van der Waals surface area contributed by atoms with Gasteiger partial charge in [-0.2, -0.15) is 10.1 Å². The van der Waals surface area contributed by atoms with Crippen LogP contribution in [-0.2, 0) is 11.2 Å². The Labute approximate surface area is 162 Å². The number of amides is 1. The quantitative estimate of drug-likeness (QED) is 0.699. The normalized spacial score (nSPS) is 13.9. The van der Waals surface area contributed by atoms with Crippen molar-refractivity contribution in [1.29, 1.82) is 0 Å². The van der Waals surface area contributed by atoms with Crippen LogP contribution in [0.5, 0.6) is 5.75 Å². The molecule has 0 saturated heterocycles. The fourth-order valence-electron chi connectivity index (χ4n) is 3.41. The maximum Gasteiger partial charge on any atom is 0.365 e. The Morgan fingerprint density at radius 3 is 2.61 bits per heavy atom. The zero-order chi connectivity index (χ0) is 19.7. The van der Waals surface area contributed by atoms with Crippen molar-refractivity contribution in [3.8, 4) is 17.0 Å². The molecule has 2 heterocycles. The molecule has 1 atom stereocenters. The van der Waals surface area contributed by atoms with Crippen LogP contribution in [0, 0.1) is 0 Å². The van der Waals surface area contributed by atoms with Crippen LogP contribution < -0.4 is 15.3 Å². The molecule has 1 aliphatic heterocycles. The lowest BCUT2D eigenvalue weighted by atomic mass is 10.1. The molecule has 0 saturated carbocycles. The second kappa shape index (κ2) is 7.26. The number of benzene rings is 2. The number of hydrogen-bond acceptors (Lipinski definition) is 5. The first kappa shape index (κ1) is 17.9. The SMILES string of the molecule is COc1ccc(-c2cnn(C(C)C(=O)N3CCc4ccccc43)c(=O)n2)cc1. The van der Waals surface area contributed by atoms with E-state index in [4.69, 9.17) is 4.74 Å². The summed E-state index contributed by atoms with van der Waals surface area (Å²) < 4.78 is 6.27. The Bertz CT molecular complexity index is 1080. The minimum absolute atomic E-state index is 0.168. The van der Waals surface area contributed by atoms with Crippen LogP contribution in [0.2, 0.25) is 0 Å². The molecule has 0 bridgehead atoms. The number of anilines is 1. The van der Waals surface area contributed by atoms with Gasteiger partial charge in [0.25, 0.3) is 5.91 Å². The number of carbonyl (C=O) groups is 1. The molecule has 0 aliphatic carbocycles. The van der Waals surface area contributed by atoms with E-state index in [1.165, 1.54) is 6.20 Å². The highest BCUT2D eigenvalue weighted by Crippen LogP contribution is 2.29. The average Bonchev–Trinajstić information content (AvgIpc) is 3.17. The fraction of sp³-hybridized carbons (Fsp3) is 0.238. The Kier molecular flexibility index (Phi) is 4.65. The van der Waals surface area contributed by atoms with Gasteiger partial charge in [0.15, 0.2) is 0 Å². The van der Waals surface area contributed by atoms with Crippen molar-refractivity contribution in [1.82, 2.24) is 14.8 Å². The Balaban J connectivity index is 1.59. The predicted octanol–water partition coefficient (Wildman–Crippen LogP) is 2.46. The Morgan fingerprint density at radius 2 is 1.89 bits per heavy atom. The van der Waals surface area contributed by atoms with Gasteiger partial charge in [-0.3, -0.25) is 4.79 Å². The summed E-state index contributed by atoms with van der Waals surface area (Å²) in [7, 11) is 1.59. The van der Waals surface area contributed by atoms with E-state index >= 15 is 0 Å². The van der Waals surface area contributed by atoms with Gasteiger partial charge in [0.05, 0.1) is 19.0 Å². The molecule has 2 aromatic carbocycles. The van der Waals surface area contributed by atoms with Gasteiger partial charge in [-0.1, -0.05) is 18.2 Å². The Morgan fingerprint density at radius 1 is 1.14 bits per heavy atom. The fourth-order valence-corrected chi connectivity index (χ4v) is 3.41. The average molecular weight is 376 g/mol. The number of carbonyl (C=O) groups excluding carboxylic acids is 1. The van der Waals surface area contributed by atoms with Crippen LogP contribution >= 0.6 is 0 Å². The molecule has 7 nitrogen and oxygen atoms in total. The molecule has 0 spiro atoms. The van der Waals surface area contributed by atoms with E-state index in [0.29, 0.717) is 12.2 Å². The zero-order valence-electron chi connectivity index (χ0n) is 15.7. The van der Waals surface area contributed by atoms with Crippen molar-refractivity contribution >= 4 is 11.6 Å². The first-order chi connectivity index (χ1) is 13.6. The van der Waals surface area contributed by atoms with E-state index in [-0.39, 0.29) is 5.91 Å². The van der Waals surface area contributed by atoms with Gasteiger partial charge in [0.2, 0.25) is 0 Å². The van der Waals surface area contributed by atoms with Crippen molar-refractivity contribution in [2.24, 2.45) is 0 Å². The van der Waals surface area contributed by atoms with E-state index in [1.54, 1.807) is 31.1 Å². The van der Waals surface area contributed by atoms with Crippen molar-refractivity contribution < 1.29 is 9.53 Å². The summed E-state index contributed by atoms with van der Waals surface area (Å²) in [5.41, 5.74) is 2.69. The molecular weight excluding hydrogens is 356 g/mol. The van der Waals surface area contributed by atoms with Gasteiger partial charge < -0.3 is 9.64 Å². The lowest BCUT2D eigenvalue weighted by Crippen LogP contribution is -2.40. The number of hydrogen-bond donors (Lipinski definition) is 0. The minimum Gasteiger partial charge on any atom is -0.497 e. The van der Waals surface area contributed by atoms with Gasteiger partial charge in [0, 0.05) is 17.8 Å². The van der Waals surface area contributed by atoms with Gasteiger partial charge in [-0.15, -0.1) is 0 Å². The Hall–Kier alpha value is -3.48. The highest BCUT2D eigenvalue weighted by atomic mass is 16.5. The number of para-hydroxylation sites is 1. The molecule has 7 heteroatoms. The topological polar surface area (TPSA) is 77.3 Å². The molecule has 1 aliphatic rings. The van der Waals surface area contributed by atoms with Crippen LogP contribution in [0.25, 0.3) is 11.3 Å². The third-order valence-electron chi connectivity index (χ3n) is 4.98. The summed E-state index contributed by atoms with van der Waals surface area (Å²) in [6, 6.07) is 14.3. The van der Waals surface area contributed by atoms with E-state index in [1.807, 2.05) is 36.4 Å². The van der Waals surface area contributed by atoms with Crippen molar-refractivity contribution in [2.75, 3.05) is 18.6 Å². The molecular formula is C21H20N4O3. The van der Waals surface area contributed by atoms with Crippen LogP contribution in [0.3, 0.4) is 0 Å². The van der Waals surface area contributed by atoms with Crippen molar-refractivity contribution in [3.63, 3.8) is 0 Å². The lowest BCUT2D eigenvalue weighted by molar-refractivity contribution is -0.121. The molecule has 3 aromatic rings. The maximum absolute atomic E-state index is 13.0. The molecule has 142 valence electrons. The summed E-state index contributed by atoms with van der Waals surface area (Å²) in [5.74, 6) is 0.550. The molecule has 1 unspecified atom stereocenters. The second-order valence-electron chi connectivity index (χ2n) is 6.64. The van der Waals surface area contributed by atoms with Gasteiger partial charge >= 0.3 is 5.69 Å². The number of ether oxygens (including phenoxy) is 1. The summed E-state index contributed by atoms with van der Waals surface area (Å²) in [6.45, 7) is 2.28. The summed E-state index contributed by atoms with van der Waals surface area (Å²) in [4.78, 5) is 31.3. The molecule has 28 heavy (non-hydrogen) atoms. The van der Waals surface area contributed by atoms with E-state index in [0.717, 1.165) is 33.7 Å². The molecule has 0 radical (unpaired) electrons. The van der Waals surface area contributed by atoms with Gasteiger partial charge in [0.1, 0.15) is 11.8 Å². The van der Waals surface area contributed by atoms with E-state index in [9.17, 15) is 9.59 Å². The van der Waals surface area contributed by atoms with E-state index < -0.39 is 11.7 Å². The smallest absolute Gasteiger partial charge is 0.365 e. The number of nitrogens with zero attached hydrogens (tertiary/aromatic N) is 4. The van der Waals surface area contributed by atoms with Crippen LogP contribution in [0.1, 0.15) is 18.5 Å². The van der Waals surface area contributed by atoms with Gasteiger partial charge in [-0.05, 0) is 49.2 Å². The summed E-state index contributed by atoms with van der Waals surface area (Å²) in [6.07, 6.45) is 2.32. The molecule has 0 N–H and O–H groups in total. The molecule has 1 amide bonds. The standard InChI is InChI=1S/C21H20N4O3/c1-14(20(26)24-12-11-16-5-3-4-6-19(16)24)25-21(27)23-18(13-22-25)15-7-9-17(28-2)10-8-15/h3-10,13-14H,11-12H2,1-2H3. The van der Waals surface area contributed by atoms with E-state index in [2.05, 4.69) is 10.1 Å². The first-order valence-electron chi connectivity index (χ1n) is 9.08.